The van der Waals surface area contributed by atoms with Crippen molar-refractivity contribution < 1.29 is 4.52 Å². The van der Waals surface area contributed by atoms with Gasteiger partial charge in [-0.1, -0.05) is 5.16 Å². The first kappa shape index (κ1) is 14.2. The summed E-state index contributed by atoms with van der Waals surface area (Å²) in [5, 5.41) is 4.73. The lowest BCUT2D eigenvalue weighted by Gasteiger charge is -2.12. The van der Waals surface area contributed by atoms with Crippen molar-refractivity contribution in [1.82, 2.24) is 19.7 Å². The van der Waals surface area contributed by atoms with Crippen LogP contribution < -0.4 is 11.3 Å². The Bertz CT molecular complexity index is 920. The number of nitrogens with zero attached hydrogens (tertiary/aromatic N) is 4. The number of aryl methyl sites for hydroxylation is 4. The first-order chi connectivity index (χ1) is 10.4. The minimum Gasteiger partial charge on any atom is -0.368 e. The number of nitrogens with two attached hydrogens (primary N) is 1. The Balaban J connectivity index is 2.49. The average Bonchev–Trinajstić information content (AvgIpc) is 2.78. The number of rotatable bonds is 2. The highest BCUT2D eigenvalue weighted by Gasteiger charge is 2.19. The molecule has 0 bridgehead atoms. The molecule has 3 aromatic rings. The Morgan fingerprint density at radius 3 is 2.55 bits per heavy atom. The second-order valence-electron chi connectivity index (χ2n) is 5.21. The van der Waals surface area contributed by atoms with Gasteiger partial charge in [0.05, 0.1) is 22.5 Å². The van der Waals surface area contributed by atoms with Crippen LogP contribution in [0.5, 0.6) is 0 Å². The molecule has 0 aromatic carbocycles. The van der Waals surface area contributed by atoms with Crippen LogP contribution in [-0.4, -0.2) is 19.7 Å². The third-order valence-corrected chi connectivity index (χ3v) is 3.77. The second-order valence-corrected chi connectivity index (χ2v) is 5.21. The van der Waals surface area contributed by atoms with E-state index in [1.54, 1.807) is 17.6 Å². The standard InChI is InChI=1S/C15H17N5O2/c1-5-20-13-10(7(2)17-15(16)18-13)6-11(14(20)21)12-8(3)19-22-9(12)4/h6H,5H2,1-4H3,(H2,16,17,18). The summed E-state index contributed by atoms with van der Waals surface area (Å²) in [4.78, 5) is 21.2. The van der Waals surface area contributed by atoms with Gasteiger partial charge in [-0.2, -0.15) is 4.98 Å². The molecule has 0 atom stereocenters. The van der Waals surface area contributed by atoms with Crippen molar-refractivity contribution in [2.45, 2.75) is 34.2 Å². The van der Waals surface area contributed by atoms with Crippen LogP contribution in [0, 0.1) is 20.8 Å². The molecule has 0 saturated carbocycles. The predicted octanol–water partition coefficient (Wildman–Crippen LogP) is 1.97. The number of hydrogen-bond acceptors (Lipinski definition) is 6. The molecular weight excluding hydrogens is 282 g/mol. The van der Waals surface area contributed by atoms with Crippen LogP contribution >= 0.6 is 0 Å². The number of nitrogen functional groups attached to an aromatic ring is 1. The number of anilines is 1. The molecule has 22 heavy (non-hydrogen) atoms. The lowest BCUT2D eigenvalue weighted by molar-refractivity contribution is 0.393. The molecule has 0 spiro atoms. The first-order valence-corrected chi connectivity index (χ1v) is 7.05. The Labute approximate surface area is 126 Å². The second kappa shape index (κ2) is 4.94. The molecule has 7 nitrogen and oxygen atoms in total. The fourth-order valence-electron chi connectivity index (χ4n) is 2.75. The molecule has 0 radical (unpaired) electrons. The fraction of sp³-hybridized carbons (Fsp3) is 0.333. The highest BCUT2D eigenvalue weighted by Crippen LogP contribution is 2.27. The average molecular weight is 299 g/mol. The Morgan fingerprint density at radius 1 is 1.23 bits per heavy atom. The molecule has 0 aliphatic carbocycles. The third kappa shape index (κ3) is 1.97. The zero-order valence-electron chi connectivity index (χ0n) is 13.0. The molecule has 3 rings (SSSR count). The highest BCUT2D eigenvalue weighted by atomic mass is 16.5. The van der Waals surface area contributed by atoms with Crippen molar-refractivity contribution in [2.75, 3.05) is 5.73 Å². The van der Waals surface area contributed by atoms with Crippen molar-refractivity contribution >= 4 is 17.0 Å². The van der Waals surface area contributed by atoms with Crippen LogP contribution in [-0.2, 0) is 6.54 Å². The largest absolute Gasteiger partial charge is 0.368 e. The minimum absolute atomic E-state index is 0.137. The summed E-state index contributed by atoms with van der Waals surface area (Å²) in [7, 11) is 0. The highest BCUT2D eigenvalue weighted by molar-refractivity contribution is 5.84. The van der Waals surface area contributed by atoms with Crippen LogP contribution in [0.4, 0.5) is 5.95 Å². The fourth-order valence-corrected chi connectivity index (χ4v) is 2.75. The smallest absolute Gasteiger partial charge is 0.260 e. The van der Waals surface area contributed by atoms with E-state index in [1.807, 2.05) is 20.8 Å². The molecule has 114 valence electrons. The number of fused-ring (bicyclic) bond motifs is 1. The first-order valence-electron chi connectivity index (χ1n) is 7.05. The number of aromatic nitrogens is 4. The van der Waals surface area contributed by atoms with Gasteiger partial charge in [-0.25, -0.2) is 4.98 Å². The van der Waals surface area contributed by atoms with E-state index in [1.165, 1.54) is 0 Å². The topological polar surface area (TPSA) is 99.8 Å². The quantitative estimate of drug-likeness (QED) is 0.776. The predicted molar refractivity (Wildman–Crippen MR) is 83.6 cm³/mol. The van der Waals surface area contributed by atoms with E-state index in [9.17, 15) is 4.79 Å². The molecule has 2 N–H and O–H groups in total. The van der Waals surface area contributed by atoms with Crippen molar-refractivity contribution in [3.63, 3.8) is 0 Å². The normalized spacial score (nSPS) is 11.3. The molecule has 0 aliphatic rings. The molecule has 0 unspecified atom stereocenters. The Hall–Kier alpha value is -2.70. The van der Waals surface area contributed by atoms with E-state index in [4.69, 9.17) is 10.3 Å². The van der Waals surface area contributed by atoms with Gasteiger partial charge < -0.3 is 10.3 Å². The van der Waals surface area contributed by atoms with Gasteiger partial charge in [-0.15, -0.1) is 0 Å². The van der Waals surface area contributed by atoms with Gasteiger partial charge >= 0.3 is 0 Å². The van der Waals surface area contributed by atoms with E-state index in [0.717, 1.165) is 16.6 Å². The minimum atomic E-state index is -0.137. The van der Waals surface area contributed by atoms with E-state index in [-0.39, 0.29) is 11.5 Å². The van der Waals surface area contributed by atoms with Crippen LogP contribution in [0.3, 0.4) is 0 Å². The van der Waals surface area contributed by atoms with Crippen LogP contribution in [0.2, 0.25) is 0 Å². The van der Waals surface area contributed by atoms with Gasteiger partial charge in [-0.3, -0.25) is 9.36 Å². The Kier molecular flexibility index (Phi) is 3.20. The van der Waals surface area contributed by atoms with Gasteiger partial charge in [0.25, 0.3) is 5.56 Å². The van der Waals surface area contributed by atoms with Crippen LogP contribution in [0.15, 0.2) is 15.4 Å². The van der Waals surface area contributed by atoms with Gasteiger partial charge in [0, 0.05) is 11.9 Å². The van der Waals surface area contributed by atoms with Gasteiger partial charge in [0.15, 0.2) is 0 Å². The Morgan fingerprint density at radius 2 is 1.95 bits per heavy atom. The monoisotopic (exact) mass is 299 g/mol. The van der Waals surface area contributed by atoms with Crippen LogP contribution in [0.25, 0.3) is 22.2 Å². The summed E-state index contributed by atoms with van der Waals surface area (Å²) >= 11 is 0. The molecule has 3 heterocycles. The lowest BCUT2D eigenvalue weighted by atomic mass is 10.0. The van der Waals surface area contributed by atoms with Crippen molar-refractivity contribution in [3.8, 4) is 11.1 Å². The van der Waals surface area contributed by atoms with Crippen molar-refractivity contribution in [2.24, 2.45) is 0 Å². The van der Waals surface area contributed by atoms with Crippen molar-refractivity contribution in [1.29, 1.82) is 0 Å². The molecule has 7 heteroatoms. The molecule has 3 aromatic heterocycles. The SMILES string of the molecule is CCn1c(=O)c(-c2c(C)noc2C)cc2c(C)nc(N)nc21. The lowest BCUT2D eigenvalue weighted by Crippen LogP contribution is -2.23. The van der Waals surface area contributed by atoms with Gasteiger partial charge in [-0.05, 0) is 33.8 Å². The molecule has 0 fully saturated rings. The maximum absolute atomic E-state index is 12.8. The van der Waals surface area contributed by atoms with E-state index in [0.29, 0.717) is 29.2 Å². The summed E-state index contributed by atoms with van der Waals surface area (Å²) < 4.78 is 6.79. The number of hydrogen-bond donors (Lipinski definition) is 1. The van der Waals surface area contributed by atoms with Gasteiger partial charge in [0.2, 0.25) is 5.95 Å². The maximum atomic E-state index is 12.8. The van der Waals surface area contributed by atoms with Crippen LogP contribution in [0.1, 0.15) is 24.1 Å². The van der Waals surface area contributed by atoms with E-state index < -0.39 is 0 Å². The number of pyridine rings is 1. The van der Waals surface area contributed by atoms with Gasteiger partial charge in [0.1, 0.15) is 11.4 Å². The summed E-state index contributed by atoms with van der Waals surface area (Å²) in [6.07, 6.45) is 0. The molecule has 0 saturated heterocycles. The zero-order valence-corrected chi connectivity index (χ0v) is 13.0. The molecule has 0 aliphatic heterocycles. The summed E-state index contributed by atoms with van der Waals surface area (Å²) in [5.41, 5.74) is 8.82. The van der Waals surface area contributed by atoms with E-state index >= 15 is 0 Å². The van der Waals surface area contributed by atoms with E-state index in [2.05, 4.69) is 15.1 Å². The molecule has 0 amide bonds. The van der Waals surface area contributed by atoms with Crippen molar-refractivity contribution in [3.05, 3.63) is 33.6 Å². The summed E-state index contributed by atoms with van der Waals surface area (Å²) in [6.45, 7) is 7.84. The molecular formula is C15H17N5O2. The summed E-state index contributed by atoms with van der Waals surface area (Å²) in [6, 6.07) is 1.80. The third-order valence-electron chi connectivity index (χ3n) is 3.77. The maximum Gasteiger partial charge on any atom is 0.260 e. The zero-order chi connectivity index (χ0) is 16.0. The summed E-state index contributed by atoms with van der Waals surface area (Å²) in [5.74, 6) is 0.780.